The van der Waals surface area contributed by atoms with E-state index in [9.17, 15) is 22.8 Å². The Labute approximate surface area is 347 Å². The van der Waals surface area contributed by atoms with E-state index in [-0.39, 0.29) is 31.2 Å². The van der Waals surface area contributed by atoms with Crippen LogP contribution in [0.4, 0.5) is 10.5 Å². The van der Waals surface area contributed by atoms with Crippen molar-refractivity contribution in [3.63, 3.8) is 0 Å². The molecule has 2 aliphatic carbocycles. The lowest BCUT2D eigenvalue weighted by molar-refractivity contribution is -0.142. The molecule has 0 spiro atoms. The minimum absolute atomic E-state index is 0.00805. The van der Waals surface area contributed by atoms with Crippen LogP contribution in [-0.2, 0) is 33.9 Å². The molecule has 0 unspecified atom stereocenters. The summed E-state index contributed by atoms with van der Waals surface area (Å²) in [5.41, 5.74) is -1.40. The number of rotatable bonds is 8. The second-order valence-corrected chi connectivity index (χ2v) is 20.6. The Morgan fingerprint density at radius 2 is 1.80 bits per heavy atom. The summed E-state index contributed by atoms with van der Waals surface area (Å²) in [7, 11) is -4.00. The molecule has 2 saturated heterocycles. The van der Waals surface area contributed by atoms with Gasteiger partial charge in [-0.15, -0.1) is 0 Å². The fourth-order valence-corrected chi connectivity index (χ4v) is 10.0. The molecule has 0 radical (unpaired) electrons. The maximum absolute atomic E-state index is 15.0. The van der Waals surface area contributed by atoms with Gasteiger partial charge in [0.1, 0.15) is 29.3 Å². The maximum Gasteiger partial charge on any atom is 0.408 e. The van der Waals surface area contributed by atoms with Crippen LogP contribution in [-0.4, -0.2) is 109 Å². The molecule has 4 heterocycles. The van der Waals surface area contributed by atoms with E-state index < -0.39 is 73.8 Å². The van der Waals surface area contributed by atoms with Gasteiger partial charge < -0.3 is 34.6 Å². The van der Waals surface area contributed by atoms with Gasteiger partial charge in [-0.2, -0.15) is 0 Å². The molecule has 7 rings (SSSR count). The van der Waals surface area contributed by atoms with Crippen molar-refractivity contribution in [2.24, 2.45) is 17.8 Å². The Morgan fingerprint density at radius 1 is 1.08 bits per heavy atom. The minimum Gasteiger partial charge on any atom is -0.472 e. The third kappa shape index (κ3) is 9.18. The standard InChI is InChI=1S/C43H60N6O9S/c1-7-28-22-27(2)12-8-9-13-29-24-43(29,39(52)47-59(54,55)42(6)16-17-42)46-36(50)33-23-30(26-49(33)38(51)35(28)45-40(53)58-41(3,4)5)57-37-32-15-11-10-14-31(32)34(25-44-37)48-18-20-56-21-19-48/h9-11,13-15,25,27-30,33,35H,7-8,12,16-24,26H2,1-6H3,(H,45,53)(H,46,50)(H,47,52)/b13-9-/t27-,28-,29-,30-,33+,35+,43-/m1/s1. The highest BCUT2D eigenvalue weighted by molar-refractivity contribution is 7.91. The van der Waals surface area contributed by atoms with E-state index in [0.29, 0.717) is 51.2 Å². The van der Waals surface area contributed by atoms with Crippen LogP contribution in [0.5, 0.6) is 5.88 Å². The topological polar surface area (TPSA) is 186 Å². The number of hydrogen-bond donors (Lipinski definition) is 3. The minimum atomic E-state index is -4.00. The van der Waals surface area contributed by atoms with Crippen molar-refractivity contribution in [2.45, 2.75) is 127 Å². The van der Waals surface area contributed by atoms with E-state index in [1.165, 1.54) is 4.90 Å². The number of aromatic nitrogens is 1. The number of nitrogens with one attached hydrogen (secondary N) is 3. The lowest BCUT2D eigenvalue weighted by atomic mass is 9.85. The third-order valence-electron chi connectivity index (χ3n) is 12.6. The molecular weight excluding hydrogens is 777 g/mol. The quantitative estimate of drug-likeness (QED) is 0.316. The molecule has 59 heavy (non-hydrogen) atoms. The smallest absolute Gasteiger partial charge is 0.408 e. The largest absolute Gasteiger partial charge is 0.472 e. The van der Waals surface area contributed by atoms with Crippen molar-refractivity contribution in [3.05, 3.63) is 42.6 Å². The molecule has 1 aromatic heterocycles. The lowest BCUT2D eigenvalue weighted by Crippen LogP contribution is -2.59. The number of pyridine rings is 1. The Kier molecular flexibility index (Phi) is 12.0. The molecule has 3 aliphatic heterocycles. The van der Waals surface area contributed by atoms with Crippen molar-refractivity contribution >= 4 is 50.3 Å². The van der Waals surface area contributed by atoms with E-state index in [1.807, 2.05) is 43.3 Å². The monoisotopic (exact) mass is 836 g/mol. The first-order valence-electron chi connectivity index (χ1n) is 21.2. The first-order valence-corrected chi connectivity index (χ1v) is 22.6. The highest BCUT2D eigenvalue weighted by Gasteiger charge is 2.63. The van der Waals surface area contributed by atoms with Crippen molar-refractivity contribution in [1.82, 2.24) is 25.2 Å². The fraction of sp³-hybridized carbons (Fsp3) is 0.651. The van der Waals surface area contributed by atoms with Gasteiger partial charge >= 0.3 is 6.09 Å². The Hall–Kier alpha value is -4.44. The molecule has 16 heteroatoms. The highest BCUT2D eigenvalue weighted by atomic mass is 32.2. The van der Waals surface area contributed by atoms with Crippen molar-refractivity contribution < 1.29 is 41.8 Å². The molecule has 1 aromatic carbocycles. The maximum atomic E-state index is 15.0. The van der Waals surface area contributed by atoms with Gasteiger partial charge in [0.15, 0.2) is 0 Å². The van der Waals surface area contributed by atoms with Crippen molar-refractivity contribution in [1.29, 1.82) is 0 Å². The number of fused-ring (bicyclic) bond motifs is 3. The number of hydrogen-bond acceptors (Lipinski definition) is 11. The zero-order chi connectivity index (χ0) is 42.3. The molecule has 0 bridgehead atoms. The summed E-state index contributed by atoms with van der Waals surface area (Å²) in [4.78, 5) is 65.6. The first-order chi connectivity index (χ1) is 27.9. The predicted molar refractivity (Wildman–Crippen MR) is 222 cm³/mol. The summed E-state index contributed by atoms with van der Waals surface area (Å²) in [6.07, 6.45) is 8.00. The Balaban J connectivity index is 1.23. The number of benzene rings is 1. The average molecular weight is 837 g/mol. The summed E-state index contributed by atoms with van der Waals surface area (Å²) in [6.45, 7) is 13.6. The summed E-state index contributed by atoms with van der Waals surface area (Å²) in [6, 6.07) is 5.65. The van der Waals surface area contributed by atoms with Crippen LogP contribution in [0.15, 0.2) is 42.6 Å². The highest BCUT2D eigenvalue weighted by Crippen LogP contribution is 2.48. The molecule has 7 atom stereocenters. The normalized spacial score (nSPS) is 30.5. The Bertz CT molecular complexity index is 2080. The van der Waals surface area contributed by atoms with Crippen molar-refractivity contribution in [2.75, 3.05) is 37.7 Å². The third-order valence-corrected chi connectivity index (χ3v) is 14.8. The number of amides is 4. The zero-order valence-corrected chi connectivity index (χ0v) is 35.9. The molecular formula is C43H60N6O9S. The number of sulfonamides is 1. The zero-order valence-electron chi connectivity index (χ0n) is 35.1. The van der Waals surface area contributed by atoms with E-state index in [0.717, 1.165) is 36.0 Å². The second kappa shape index (κ2) is 16.5. The molecule has 4 fully saturated rings. The molecule has 322 valence electrons. The van der Waals surface area contributed by atoms with Gasteiger partial charge in [-0.05, 0) is 84.1 Å². The van der Waals surface area contributed by atoms with Gasteiger partial charge in [0.2, 0.25) is 27.7 Å². The number of alkyl carbamates (subject to hydrolysis) is 1. The summed E-state index contributed by atoms with van der Waals surface area (Å²) < 4.78 is 45.6. The predicted octanol–water partition coefficient (Wildman–Crippen LogP) is 4.59. The van der Waals surface area contributed by atoms with Crippen LogP contribution in [0.1, 0.15) is 92.9 Å². The molecule has 2 saturated carbocycles. The number of nitrogens with zero attached hydrogens (tertiary/aromatic N) is 3. The van der Waals surface area contributed by atoms with Crippen LogP contribution >= 0.6 is 0 Å². The van der Waals surface area contributed by atoms with E-state index >= 15 is 4.79 Å². The van der Waals surface area contributed by atoms with Crippen LogP contribution in [0, 0.1) is 17.8 Å². The molecule has 2 aromatic rings. The number of carbonyl (C=O) groups is 4. The van der Waals surface area contributed by atoms with Gasteiger partial charge in [-0.1, -0.05) is 50.6 Å². The number of allylic oxidation sites excluding steroid dienone is 1. The van der Waals surface area contributed by atoms with Crippen LogP contribution in [0.25, 0.3) is 10.8 Å². The number of carbonyl (C=O) groups excluding carboxylic acids is 4. The fourth-order valence-electron chi connectivity index (χ4n) is 8.71. The molecule has 3 N–H and O–H groups in total. The SMILES string of the molecule is CC[C@@H]1C[C@H](C)CC/C=C\[C@@H]2C[C@@]2(C(=O)NS(=O)(=O)C2(C)CC2)NC(=O)[C@@H]2C[C@@H](Oc3ncc(N4CCOCC4)c4ccccc34)CN2C(=O)[C@H]1NC(=O)OC(C)(C)C. The average Bonchev–Trinajstić information content (AvgIpc) is 4.07. The first kappa shape index (κ1) is 42.7. The second-order valence-electron chi connectivity index (χ2n) is 18.4. The van der Waals surface area contributed by atoms with Gasteiger partial charge in [-0.3, -0.25) is 19.1 Å². The van der Waals surface area contributed by atoms with Gasteiger partial charge in [-0.25, -0.2) is 18.2 Å². The number of morpholine rings is 1. The van der Waals surface area contributed by atoms with Crippen LogP contribution in [0.3, 0.4) is 0 Å². The van der Waals surface area contributed by atoms with E-state index in [2.05, 4.69) is 27.2 Å². The van der Waals surface area contributed by atoms with E-state index in [4.69, 9.17) is 19.2 Å². The number of ether oxygens (including phenoxy) is 3. The van der Waals surface area contributed by atoms with Crippen LogP contribution < -0.4 is 25.0 Å². The summed E-state index contributed by atoms with van der Waals surface area (Å²) >= 11 is 0. The van der Waals surface area contributed by atoms with Crippen molar-refractivity contribution in [3.8, 4) is 5.88 Å². The molecule has 4 amide bonds. The summed E-state index contributed by atoms with van der Waals surface area (Å²) in [5, 5.41) is 7.54. The molecule has 15 nitrogen and oxygen atoms in total. The van der Waals surface area contributed by atoms with Gasteiger partial charge in [0.05, 0.1) is 36.4 Å². The Morgan fingerprint density at radius 3 is 2.47 bits per heavy atom. The van der Waals surface area contributed by atoms with Gasteiger partial charge in [0, 0.05) is 36.2 Å². The van der Waals surface area contributed by atoms with E-state index in [1.54, 1.807) is 33.9 Å². The lowest BCUT2D eigenvalue weighted by Gasteiger charge is -2.34. The molecule has 5 aliphatic rings. The summed E-state index contributed by atoms with van der Waals surface area (Å²) in [5.74, 6) is -2.10. The van der Waals surface area contributed by atoms with Gasteiger partial charge in [0.25, 0.3) is 5.91 Å². The van der Waals surface area contributed by atoms with Crippen LogP contribution in [0.2, 0.25) is 0 Å². The number of anilines is 1.